The molecule has 4 heterocycles. The van der Waals surface area contributed by atoms with Crippen molar-refractivity contribution in [3.05, 3.63) is 71.2 Å². The lowest BCUT2D eigenvalue weighted by Crippen LogP contribution is -2.36. The molecule has 0 spiro atoms. The van der Waals surface area contributed by atoms with Crippen LogP contribution in [0.2, 0.25) is 5.02 Å². The molecular formula is C20H20ClN5O2. The average Bonchev–Trinajstić information content (AvgIpc) is 3.17. The fraction of sp³-hybridized carbons (Fsp3) is 0.300. The van der Waals surface area contributed by atoms with Crippen molar-refractivity contribution in [3.63, 3.8) is 0 Å². The van der Waals surface area contributed by atoms with Crippen molar-refractivity contribution in [1.82, 2.24) is 19.5 Å². The van der Waals surface area contributed by atoms with Gasteiger partial charge in [-0.05, 0) is 36.6 Å². The van der Waals surface area contributed by atoms with Crippen molar-refractivity contribution < 1.29 is 9.90 Å². The Balaban J connectivity index is 1.55. The molecule has 7 nitrogen and oxygen atoms in total. The van der Waals surface area contributed by atoms with Gasteiger partial charge in [0.25, 0.3) is 0 Å². The number of pyridine rings is 2. The number of aromatic carboxylic acids is 1. The summed E-state index contributed by atoms with van der Waals surface area (Å²) in [7, 11) is 0. The number of nitrogens with zero attached hydrogens (tertiary/aromatic N) is 5. The van der Waals surface area contributed by atoms with Gasteiger partial charge in [-0.1, -0.05) is 17.7 Å². The number of rotatable bonds is 5. The maximum Gasteiger partial charge on any atom is 0.356 e. The molecule has 0 saturated carbocycles. The van der Waals surface area contributed by atoms with Gasteiger partial charge in [-0.15, -0.1) is 0 Å². The minimum absolute atomic E-state index is 0.112. The number of piperidine rings is 1. The van der Waals surface area contributed by atoms with Gasteiger partial charge in [0.05, 0.1) is 11.6 Å². The van der Waals surface area contributed by atoms with Gasteiger partial charge in [-0.3, -0.25) is 4.98 Å². The summed E-state index contributed by atoms with van der Waals surface area (Å²) in [4.78, 5) is 26.5. The number of hydrogen-bond acceptors (Lipinski definition) is 5. The van der Waals surface area contributed by atoms with E-state index in [0.29, 0.717) is 5.82 Å². The summed E-state index contributed by atoms with van der Waals surface area (Å²) in [6.07, 6.45) is 9.46. The highest BCUT2D eigenvalue weighted by Gasteiger charge is 2.26. The highest BCUT2D eigenvalue weighted by Crippen LogP contribution is 2.30. The van der Waals surface area contributed by atoms with E-state index >= 15 is 0 Å². The highest BCUT2D eigenvalue weighted by molar-refractivity contribution is 6.33. The van der Waals surface area contributed by atoms with Crippen LogP contribution < -0.4 is 4.90 Å². The van der Waals surface area contributed by atoms with E-state index in [1.165, 1.54) is 0 Å². The van der Waals surface area contributed by atoms with Gasteiger partial charge < -0.3 is 14.6 Å². The Kier molecular flexibility index (Phi) is 5.25. The zero-order valence-corrected chi connectivity index (χ0v) is 16.0. The van der Waals surface area contributed by atoms with Gasteiger partial charge in [-0.2, -0.15) is 0 Å². The maximum atomic E-state index is 11.3. The maximum absolute atomic E-state index is 11.3. The van der Waals surface area contributed by atoms with Crippen molar-refractivity contribution >= 4 is 23.4 Å². The second-order valence-electron chi connectivity index (χ2n) is 6.86. The first-order chi connectivity index (χ1) is 13.6. The summed E-state index contributed by atoms with van der Waals surface area (Å²) in [5.41, 5.74) is 1.01. The number of imidazole rings is 1. The van der Waals surface area contributed by atoms with E-state index in [4.69, 9.17) is 11.6 Å². The van der Waals surface area contributed by atoms with Crippen LogP contribution in [0.3, 0.4) is 0 Å². The molecule has 0 radical (unpaired) electrons. The molecule has 0 bridgehead atoms. The number of carboxylic acid groups (broad SMARTS) is 1. The van der Waals surface area contributed by atoms with Crippen LogP contribution in [0.4, 0.5) is 5.82 Å². The fourth-order valence-electron chi connectivity index (χ4n) is 3.66. The van der Waals surface area contributed by atoms with Gasteiger partial charge in [0, 0.05) is 43.8 Å². The molecule has 28 heavy (non-hydrogen) atoms. The van der Waals surface area contributed by atoms with Crippen LogP contribution >= 0.6 is 11.6 Å². The number of aromatic nitrogens is 4. The Morgan fingerprint density at radius 3 is 2.96 bits per heavy atom. The molecule has 1 fully saturated rings. The molecule has 144 valence electrons. The van der Waals surface area contributed by atoms with Crippen molar-refractivity contribution in [3.8, 4) is 0 Å². The summed E-state index contributed by atoms with van der Waals surface area (Å²) >= 11 is 5.96. The first-order valence-corrected chi connectivity index (χ1v) is 9.54. The van der Waals surface area contributed by atoms with Gasteiger partial charge >= 0.3 is 5.97 Å². The summed E-state index contributed by atoms with van der Waals surface area (Å²) in [5.74, 6) is 0.788. The lowest BCUT2D eigenvalue weighted by molar-refractivity contribution is 0.0691. The minimum Gasteiger partial charge on any atom is -0.476 e. The summed E-state index contributed by atoms with van der Waals surface area (Å²) < 4.78 is 2.16. The van der Waals surface area contributed by atoms with Crippen molar-refractivity contribution in [2.24, 2.45) is 0 Å². The van der Waals surface area contributed by atoms with E-state index in [1.54, 1.807) is 18.3 Å². The molecule has 0 aliphatic carbocycles. The number of anilines is 1. The highest BCUT2D eigenvalue weighted by atomic mass is 35.5. The largest absolute Gasteiger partial charge is 0.476 e. The van der Waals surface area contributed by atoms with Gasteiger partial charge in [0.1, 0.15) is 11.6 Å². The van der Waals surface area contributed by atoms with Crippen molar-refractivity contribution in [2.45, 2.75) is 25.3 Å². The molecule has 3 aromatic rings. The van der Waals surface area contributed by atoms with E-state index < -0.39 is 5.97 Å². The first kappa shape index (κ1) is 18.4. The Bertz CT molecular complexity index is 976. The van der Waals surface area contributed by atoms with E-state index in [9.17, 15) is 9.90 Å². The molecule has 4 rings (SSSR count). The zero-order valence-electron chi connectivity index (χ0n) is 15.2. The predicted octanol–water partition coefficient (Wildman–Crippen LogP) is 3.46. The third-order valence-corrected chi connectivity index (χ3v) is 5.27. The SMILES string of the molecule is O=C(O)c1nc(N2CCC[C@H](c3nccn3Cc3cccnc3)C2)ccc1Cl. The molecule has 1 aliphatic heterocycles. The van der Waals surface area contributed by atoms with Crippen LogP contribution in [0.1, 0.15) is 40.6 Å². The van der Waals surface area contributed by atoms with Crippen LogP contribution in [0.5, 0.6) is 0 Å². The predicted molar refractivity (Wildman–Crippen MR) is 106 cm³/mol. The molecule has 0 amide bonds. The lowest BCUT2D eigenvalue weighted by Gasteiger charge is -2.33. The molecule has 0 aromatic carbocycles. The number of carboxylic acids is 1. The summed E-state index contributed by atoms with van der Waals surface area (Å²) in [6, 6.07) is 7.36. The number of hydrogen-bond donors (Lipinski definition) is 1. The Hall–Kier alpha value is -2.93. The van der Waals surface area contributed by atoms with Crippen LogP contribution in [-0.4, -0.2) is 43.7 Å². The standard InChI is InChI=1S/C20H20ClN5O2/c21-16-5-6-17(24-18(16)20(27)28)25-9-2-4-15(13-25)19-23-8-10-26(19)12-14-3-1-7-22-11-14/h1,3,5-8,10-11,15H,2,4,9,12-13H2,(H,27,28)/t15-/m0/s1. The van der Waals surface area contributed by atoms with Gasteiger partial charge in [0.2, 0.25) is 0 Å². The molecule has 3 aromatic heterocycles. The third kappa shape index (κ3) is 3.84. The van der Waals surface area contributed by atoms with Crippen LogP contribution in [-0.2, 0) is 6.54 Å². The molecule has 8 heteroatoms. The quantitative estimate of drug-likeness (QED) is 0.709. The molecule has 1 aliphatic rings. The smallest absolute Gasteiger partial charge is 0.356 e. The molecule has 1 atom stereocenters. The monoisotopic (exact) mass is 397 g/mol. The minimum atomic E-state index is -1.12. The summed E-state index contributed by atoms with van der Waals surface area (Å²) in [5, 5.41) is 9.43. The Morgan fingerprint density at radius 1 is 1.29 bits per heavy atom. The molecular weight excluding hydrogens is 378 g/mol. The number of carbonyl (C=O) groups is 1. The number of halogens is 1. The zero-order chi connectivity index (χ0) is 19.5. The van der Waals surface area contributed by atoms with E-state index in [1.807, 2.05) is 24.7 Å². The molecule has 1 N–H and O–H groups in total. The Morgan fingerprint density at radius 2 is 2.18 bits per heavy atom. The molecule has 1 saturated heterocycles. The van der Waals surface area contributed by atoms with E-state index in [-0.39, 0.29) is 16.6 Å². The van der Waals surface area contributed by atoms with Crippen molar-refractivity contribution in [2.75, 3.05) is 18.0 Å². The first-order valence-electron chi connectivity index (χ1n) is 9.16. The van der Waals surface area contributed by atoms with Gasteiger partial charge in [-0.25, -0.2) is 14.8 Å². The average molecular weight is 398 g/mol. The second kappa shape index (κ2) is 7.98. The third-order valence-electron chi connectivity index (χ3n) is 4.97. The van der Waals surface area contributed by atoms with E-state index in [2.05, 4.69) is 30.5 Å². The molecule has 0 unspecified atom stereocenters. The second-order valence-corrected chi connectivity index (χ2v) is 7.27. The van der Waals surface area contributed by atoms with Crippen LogP contribution in [0, 0.1) is 0 Å². The topological polar surface area (TPSA) is 84.1 Å². The Labute approximate surface area is 167 Å². The normalized spacial score (nSPS) is 16.9. The fourth-order valence-corrected chi connectivity index (χ4v) is 3.84. The summed E-state index contributed by atoms with van der Waals surface area (Å²) in [6.45, 7) is 2.29. The van der Waals surface area contributed by atoms with Gasteiger partial charge in [0.15, 0.2) is 5.69 Å². The van der Waals surface area contributed by atoms with E-state index in [0.717, 1.165) is 43.9 Å². The lowest BCUT2D eigenvalue weighted by atomic mass is 9.97. The van der Waals surface area contributed by atoms with Crippen LogP contribution in [0.25, 0.3) is 0 Å². The van der Waals surface area contributed by atoms with Crippen molar-refractivity contribution in [1.29, 1.82) is 0 Å². The van der Waals surface area contributed by atoms with Crippen LogP contribution in [0.15, 0.2) is 49.1 Å².